The Hall–Kier alpha value is -0.900. The van der Waals surface area contributed by atoms with Gasteiger partial charge in [0.15, 0.2) is 0 Å². The molecule has 0 spiro atoms. The number of nitrogens with one attached hydrogen (secondary N) is 1. The lowest BCUT2D eigenvalue weighted by Gasteiger charge is -2.18. The molecule has 0 fully saturated rings. The minimum Gasteiger partial charge on any atom is -0.348 e. The molecule has 0 aliphatic rings. The number of amides is 1. The summed E-state index contributed by atoms with van der Waals surface area (Å²) in [6, 6.07) is 4.32. The van der Waals surface area contributed by atoms with Gasteiger partial charge in [-0.25, -0.2) is 4.39 Å². The zero-order valence-electron chi connectivity index (χ0n) is 11.0. The third kappa shape index (κ3) is 4.41. The van der Waals surface area contributed by atoms with Crippen molar-refractivity contribution in [2.45, 2.75) is 33.2 Å². The van der Waals surface area contributed by atoms with Crippen LogP contribution >= 0.6 is 15.9 Å². The van der Waals surface area contributed by atoms with E-state index >= 15 is 0 Å². The molecule has 18 heavy (non-hydrogen) atoms. The summed E-state index contributed by atoms with van der Waals surface area (Å²) in [6.07, 6.45) is 0.914. The van der Waals surface area contributed by atoms with E-state index in [0.717, 1.165) is 11.8 Å². The Balaban J connectivity index is 2.74. The zero-order valence-corrected chi connectivity index (χ0v) is 12.6. The van der Waals surface area contributed by atoms with E-state index in [1.54, 1.807) is 6.92 Å². The van der Waals surface area contributed by atoms with E-state index in [4.69, 9.17) is 0 Å². The first-order chi connectivity index (χ1) is 8.43. The zero-order chi connectivity index (χ0) is 13.7. The fourth-order valence-corrected chi connectivity index (χ4v) is 2.30. The Morgan fingerprint density at radius 2 is 2.11 bits per heavy atom. The fraction of sp³-hybridized carbons (Fsp3) is 0.500. The van der Waals surface area contributed by atoms with Crippen molar-refractivity contribution < 1.29 is 9.18 Å². The first-order valence-electron chi connectivity index (χ1n) is 6.07. The Labute approximate surface area is 116 Å². The van der Waals surface area contributed by atoms with Crippen molar-refractivity contribution in [3.63, 3.8) is 0 Å². The quantitative estimate of drug-likeness (QED) is 0.825. The molecular weight excluding hydrogens is 297 g/mol. The molecule has 100 valence electrons. The van der Waals surface area contributed by atoms with E-state index in [1.807, 2.05) is 0 Å². The Morgan fingerprint density at radius 1 is 1.44 bits per heavy atom. The number of rotatable bonds is 5. The average Bonchev–Trinajstić information content (AvgIpc) is 2.27. The summed E-state index contributed by atoms with van der Waals surface area (Å²) in [5.74, 6) is 0.0584. The van der Waals surface area contributed by atoms with Crippen LogP contribution in [0.1, 0.15) is 36.2 Å². The third-order valence-electron chi connectivity index (χ3n) is 2.71. The molecule has 1 N–H and O–H groups in total. The summed E-state index contributed by atoms with van der Waals surface area (Å²) >= 11 is 3.40. The molecular formula is C14H19BrFNO. The van der Waals surface area contributed by atoms with Crippen LogP contribution in [0.2, 0.25) is 0 Å². The number of hydrogen-bond acceptors (Lipinski definition) is 1. The van der Waals surface area contributed by atoms with Crippen LogP contribution < -0.4 is 5.32 Å². The highest BCUT2D eigenvalue weighted by Crippen LogP contribution is 2.12. The van der Waals surface area contributed by atoms with Gasteiger partial charge in [0.1, 0.15) is 5.82 Å². The molecule has 0 radical (unpaired) electrons. The van der Waals surface area contributed by atoms with Crippen molar-refractivity contribution in [1.82, 2.24) is 5.32 Å². The van der Waals surface area contributed by atoms with Gasteiger partial charge in [-0.2, -0.15) is 0 Å². The molecule has 1 aromatic carbocycles. The summed E-state index contributed by atoms with van der Waals surface area (Å²) in [5.41, 5.74) is 1.19. The Bertz CT molecular complexity index is 420. The monoisotopic (exact) mass is 315 g/mol. The number of hydrogen-bond donors (Lipinski definition) is 1. The topological polar surface area (TPSA) is 29.1 Å². The van der Waals surface area contributed by atoms with Gasteiger partial charge in [0, 0.05) is 16.9 Å². The molecule has 4 heteroatoms. The minimum atomic E-state index is -0.316. The molecule has 1 unspecified atom stereocenters. The number of halogens is 2. The van der Waals surface area contributed by atoms with Crippen LogP contribution in [0.5, 0.6) is 0 Å². The van der Waals surface area contributed by atoms with Crippen LogP contribution in [-0.4, -0.2) is 17.3 Å². The first-order valence-corrected chi connectivity index (χ1v) is 7.19. The van der Waals surface area contributed by atoms with Gasteiger partial charge < -0.3 is 5.32 Å². The van der Waals surface area contributed by atoms with Crippen molar-refractivity contribution >= 4 is 21.8 Å². The lowest BCUT2D eigenvalue weighted by Crippen LogP contribution is -2.37. The molecule has 1 amide bonds. The highest BCUT2D eigenvalue weighted by atomic mass is 79.9. The standard InChI is InChI=1S/C14H19BrFNO/c1-9(2)6-12(8-15)17-14(18)13-5-4-11(16)7-10(13)3/h4-5,7,9,12H,6,8H2,1-3H3,(H,17,18). The molecule has 1 atom stereocenters. The van der Waals surface area contributed by atoms with Crippen LogP contribution in [0.15, 0.2) is 18.2 Å². The number of aryl methyl sites for hydroxylation is 1. The third-order valence-corrected chi connectivity index (χ3v) is 3.49. The van der Waals surface area contributed by atoms with E-state index < -0.39 is 0 Å². The van der Waals surface area contributed by atoms with E-state index in [2.05, 4.69) is 35.1 Å². The van der Waals surface area contributed by atoms with Crippen molar-refractivity contribution in [1.29, 1.82) is 0 Å². The smallest absolute Gasteiger partial charge is 0.251 e. The molecule has 1 aromatic rings. The summed E-state index contributed by atoms with van der Waals surface area (Å²) in [6.45, 7) is 5.97. The molecule has 0 saturated heterocycles. The van der Waals surface area contributed by atoms with Crippen LogP contribution in [-0.2, 0) is 0 Å². The highest BCUT2D eigenvalue weighted by molar-refractivity contribution is 9.09. The molecule has 1 rings (SSSR count). The van der Waals surface area contributed by atoms with Crippen LogP contribution in [0, 0.1) is 18.7 Å². The normalized spacial score (nSPS) is 12.6. The second kappa shape index (κ2) is 6.88. The van der Waals surface area contributed by atoms with Gasteiger partial charge in [0.2, 0.25) is 0 Å². The van der Waals surface area contributed by atoms with Gasteiger partial charge >= 0.3 is 0 Å². The van der Waals surface area contributed by atoms with Crippen molar-refractivity contribution in [2.75, 3.05) is 5.33 Å². The fourth-order valence-electron chi connectivity index (χ4n) is 1.87. The van der Waals surface area contributed by atoms with Gasteiger partial charge in [-0.1, -0.05) is 29.8 Å². The molecule has 0 heterocycles. The number of carbonyl (C=O) groups excluding carboxylic acids is 1. The van der Waals surface area contributed by atoms with Crippen LogP contribution in [0.25, 0.3) is 0 Å². The lowest BCUT2D eigenvalue weighted by atomic mass is 10.0. The van der Waals surface area contributed by atoms with Crippen LogP contribution in [0.4, 0.5) is 4.39 Å². The average molecular weight is 316 g/mol. The van der Waals surface area contributed by atoms with Gasteiger partial charge in [0.05, 0.1) is 0 Å². The number of alkyl halides is 1. The molecule has 0 aromatic heterocycles. The Morgan fingerprint density at radius 3 is 2.61 bits per heavy atom. The molecule has 2 nitrogen and oxygen atoms in total. The Kier molecular flexibility index (Phi) is 5.79. The first kappa shape index (κ1) is 15.2. The van der Waals surface area contributed by atoms with E-state index in [1.165, 1.54) is 18.2 Å². The maximum Gasteiger partial charge on any atom is 0.251 e. The highest BCUT2D eigenvalue weighted by Gasteiger charge is 2.15. The minimum absolute atomic E-state index is 0.0990. The van der Waals surface area contributed by atoms with E-state index in [9.17, 15) is 9.18 Å². The predicted octanol–water partition coefficient (Wildman–Crippen LogP) is 3.67. The largest absolute Gasteiger partial charge is 0.348 e. The van der Waals surface area contributed by atoms with Crippen molar-refractivity contribution in [2.24, 2.45) is 5.92 Å². The maximum atomic E-state index is 13.0. The second-order valence-corrected chi connectivity index (χ2v) is 5.56. The summed E-state index contributed by atoms with van der Waals surface area (Å²) in [5, 5.41) is 3.69. The number of benzene rings is 1. The van der Waals surface area contributed by atoms with E-state index in [0.29, 0.717) is 17.0 Å². The van der Waals surface area contributed by atoms with Gasteiger partial charge in [-0.05, 0) is 43.0 Å². The number of carbonyl (C=O) groups is 1. The molecule has 0 bridgehead atoms. The van der Waals surface area contributed by atoms with Crippen molar-refractivity contribution in [3.8, 4) is 0 Å². The summed E-state index contributed by atoms with van der Waals surface area (Å²) in [4.78, 5) is 12.1. The van der Waals surface area contributed by atoms with Gasteiger partial charge in [0.25, 0.3) is 5.91 Å². The lowest BCUT2D eigenvalue weighted by molar-refractivity contribution is 0.0936. The van der Waals surface area contributed by atoms with E-state index in [-0.39, 0.29) is 17.8 Å². The summed E-state index contributed by atoms with van der Waals surface area (Å²) in [7, 11) is 0. The summed E-state index contributed by atoms with van der Waals surface area (Å²) < 4.78 is 13.0. The molecule has 0 aliphatic heterocycles. The second-order valence-electron chi connectivity index (χ2n) is 4.91. The molecule has 0 aliphatic carbocycles. The van der Waals surface area contributed by atoms with Crippen LogP contribution in [0.3, 0.4) is 0 Å². The van der Waals surface area contributed by atoms with Gasteiger partial charge in [-0.15, -0.1) is 0 Å². The van der Waals surface area contributed by atoms with Crippen molar-refractivity contribution in [3.05, 3.63) is 35.1 Å². The predicted molar refractivity (Wildman–Crippen MR) is 75.6 cm³/mol. The molecule has 0 saturated carbocycles. The van der Waals surface area contributed by atoms with Gasteiger partial charge in [-0.3, -0.25) is 4.79 Å². The SMILES string of the molecule is Cc1cc(F)ccc1C(=O)NC(CBr)CC(C)C. The maximum absolute atomic E-state index is 13.0.